The van der Waals surface area contributed by atoms with E-state index >= 15 is 0 Å². The molecule has 3 N–H and O–H groups in total. The molecule has 0 bridgehead atoms. The van der Waals surface area contributed by atoms with Crippen LogP contribution in [0.15, 0.2) is 39.2 Å². The number of Topliss-reactive ketones (excluding diaryl/α,β-unsaturated/α-hetero) is 2. The molecule has 0 fully saturated rings. The van der Waals surface area contributed by atoms with Gasteiger partial charge in [0.15, 0.2) is 5.76 Å². The van der Waals surface area contributed by atoms with Gasteiger partial charge in [0.1, 0.15) is 45.8 Å². The number of esters is 1. The van der Waals surface area contributed by atoms with Gasteiger partial charge in [-0.1, -0.05) is 0 Å². The summed E-state index contributed by atoms with van der Waals surface area (Å²) in [7, 11) is 2.43. The molecule has 2 aliphatic rings. The van der Waals surface area contributed by atoms with Crippen LogP contribution in [0.3, 0.4) is 0 Å². The molecule has 11 heteroatoms. The Morgan fingerprint density at radius 2 is 1.46 bits per heavy atom. The van der Waals surface area contributed by atoms with E-state index in [0.29, 0.717) is 12.0 Å². The molecule has 208 valence electrons. The van der Waals surface area contributed by atoms with Gasteiger partial charge in [-0.3, -0.25) is 9.59 Å². The van der Waals surface area contributed by atoms with Crippen molar-refractivity contribution in [3.8, 4) is 23.0 Å². The smallest absolute Gasteiger partial charge is 0.347 e. The van der Waals surface area contributed by atoms with E-state index in [2.05, 4.69) is 0 Å². The number of ketones is 2. The maximum Gasteiger partial charge on any atom is 0.347 e. The second-order valence-corrected chi connectivity index (χ2v) is 9.90. The standard InChI is InChI=1S/C30H22O11/c1-10-5-12-7-14-9-16(38-3)21(25(33)17(14)24(32)18(12)29(36)40-10)22-27(35)20-15(23(31)28(22)39-4)8-13-6-11(2)41-30(37)19(13)26(20)34/h6-10,32-34H,5H2,1-4H3. The number of hydrogen-bond donors (Lipinski definition) is 3. The number of ether oxygens (including phenoxy) is 3. The predicted molar refractivity (Wildman–Crippen MR) is 144 cm³/mol. The molecular weight excluding hydrogens is 536 g/mol. The summed E-state index contributed by atoms with van der Waals surface area (Å²) in [5.41, 5.74) is -2.09. The van der Waals surface area contributed by atoms with Crippen LogP contribution in [0.25, 0.3) is 27.1 Å². The molecule has 1 aliphatic heterocycles. The van der Waals surface area contributed by atoms with Crippen molar-refractivity contribution in [2.75, 3.05) is 14.2 Å². The molecule has 4 aromatic rings. The summed E-state index contributed by atoms with van der Waals surface area (Å²) in [5, 5.41) is 33.8. The summed E-state index contributed by atoms with van der Waals surface area (Å²) in [5.74, 6) is -4.90. The fourth-order valence-electron chi connectivity index (χ4n) is 5.71. The molecule has 11 nitrogen and oxygen atoms in total. The summed E-state index contributed by atoms with van der Waals surface area (Å²) >= 11 is 0. The normalized spacial score (nSPS) is 16.6. The number of carbonyl (C=O) groups is 3. The van der Waals surface area contributed by atoms with E-state index in [1.165, 1.54) is 32.2 Å². The van der Waals surface area contributed by atoms with Gasteiger partial charge in [-0.25, -0.2) is 9.59 Å². The van der Waals surface area contributed by atoms with Crippen LogP contribution in [0.5, 0.6) is 23.0 Å². The average Bonchev–Trinajstić information content (AvgIpc) is 2.89. The molecule has 2 heterocycles. The van der Waals surface area contributed by atoms with Gasteiger partial charge in [0.2, 0.25) is 11.6 Å². The monoisotopic (exact) mass is 558 g/mol. The van der Waals surface area contributed by atoms with Crippen LogP contribution in [0, 0.1) is 6.92 Å². The van der Waals surface area contributed by atoms with Crippen molar-refractivity contribution in [2.45, 2.75) is 26.4 Å². The average molecular weight is 558 g/mol. The number of rotatable bonds is 3. The van der Waals surface area contributed by atoms with Gasteiger partial charge < -0.3 is 33.9 Å². The molecule has 0 spiro atoms. The number of aromatic hydroxyl groups is 3. The molecular formula is C30H22O11. The Hall–Kier alpha value is -5.32. The number of aryl methyl sites for hydroxylation is 1. The van der Waals surface area contributed by atoms with Crippen LogP contribution in [0.4, 0.5) is 0 Å². The van der Waals surface area contributed by atoms with E-state index in [1.54, 1.807) is 13.0 Å². The van der Waals surface area contributed by atoms with Crippen molar-refractivity contribution in [2.24, 2.45) is 0 Å². The third-order valence-electron chi connectivity index (χ3n) is 7.39. The van der Waals surface area contributed by atoms with E-state index in [9.17, 15) is 34.5 Å². The third kappa shape index (κ3) is 3.51. The van der Waals surface area contributed by atoms with Crippen LogP contribution in [-0.4, -0.2) is 53.2 Å². The minimum Gasteiger partial charge on any atom is -0.506 e. The third-order valence-corrected chi connectivity index (χ3v) is 7.39. The second-order valence-electron chi connectivity index (χ2n) is 9.90. The highest BCUT2D eigenvalue weighted by atomic mass is 16.5. The molecule has 0 saturated carbocycles. The fraction of sp³-hybridized carbons (Fsp3) is 0.200. The molecule has 1 aromatic heterocycles. The Morgan fingerprint density at radius 1 is 0.805 bits per heavy atom. The highest BCUT2D eigenvalue weighted by Crippen LogP contribution is 2.50. The maximum absolute atomic E-state index is 14.1. The molecule has 41 heavy (non-hydrogen) atoms. The van der Waals surface area contributed by atoms with Crippen molar-refractivity contribution in [1.82, 2.24) is 0 Å². The lowest BCUT2D eigenvalue weighted by Crippen LogP contribution is -2.25. The molecule has 1 aliphatic carbocycles. The highest BCUT2D eigenvalue weighted by molar-refractivity contribution is 6.42. The molecule has 6 rings (SSSR count). The number of benzene rings is 3. The van der Waals surface area contributed by atoms with Crippen molar-refractivity contribution in [3.63, 3.8) is 0 Å². The zero-order chi connectivity index (χ0) is 29.5. The Morgan fingerprint density at radius 3 is 2.15 bits per heavy atom. The van der Waals surface area contributed by atoms with Crippen molar-refractivity contribution in [3.05, 3.63) is 74.0 Å². The zero-order valence-electron chi connectivity index (χ0n) is 22.2. The summed E-state index contributed by atoms with van der Waals surface area (Å²) in [6.07, 6.45) is -0.115. The van der Waals surface area contributed by atoms with Gasteiger partial charge in [0.25, 0.3) is 0 Å². The molecule has 3 aromatic carbocycles. The lowest BCUT2D eigenvalue weighted by molar-refractivity contribution is 0.0297. The maximum atomic E-state index is 14.1. The number of hydrogen-bond acceptors (Lipinski definition) is 11. The van der Waals surface area contributed by atoms with Gasteiger partial charge in [-0.2, -0.15) is 0 Å². The van der Waals surface area contributed by atoms with Gasteiger partial charge in [-0.05, 0) is 54.4 Å². The minimum absolute atomic E-state index is 0.0645. The summed E-state index contributed by atoms with van der Waals surface area (Å²) in [6, 6.07) is 5.75. The fourth-order valence-corrected chi connectivity index (χ4v) is 5.71. The number of fused-ring (bicyclic) bond motifs is 4. The number of carbonyl (C=O) groups excluding carboxylic acids is 3. The molecule has 0 amide bonds. The quantitative estimate of drug-likeness (QED) is 0.312. The highest BCUT2D eigenvalue weighted by Gasteiger charge is 2.41. The molecule has 0 saturated heterocycles. The first-order chi connectivity index (χ1) is 19.5. The van der Waals surface area contributed by atoms with Crippen LogP contribution >= 0.6 is 0 Å². The van der Waals surface area contributed by atoms with Gasteiger partial charge in [0, 0.05) is 12.0 Å². The first kappa shape index (κ1) is 25.9. The first-order valence-corrected chi connectivity index (χ1v) is 12.5. The molecule has 1 atom stereocenters. The Balaban J connectivity index is 1.69. The Kier molecular flexibility index (Phi) is 5.60. The number of methoxy groups -OCH3 is 2. The Labute approximate surface area is 230 Å². The zero-order valence-corrected chi connectivity index (χ0v) is 22.2. The van der Waals surface area contributed by atoms with Crippen LogP contribution in [0.1, 0.15) is 54.9 Å². The van der Waals surface area contributed by atoms with E-state index in [0.717, 1.165) is 7.11 Å². The minimum atomic E-state index is -0.963. The van der Waals surface area contributed by atoms with Crippen molar-refractivity contribution in [1.29, 1.82) is 0 Å². The summed E-state index contributed by atoms with van der Waals surface area (Å²) in [4.78, 5) is 52.9. The lowest BCUT2D eigenvalue weighted by atomic mass is 9.81. The van der Waals surface area contributed by atoms with E-state index < -0.39 is 63.4 Å². The largest absolute Gasteiger partial charge is 0.506 e. The number of phenolic OH excluding ortho intramolecular Hbond substituents is 3. The first-order valence-electron chi connectivity index (χ1n) is 12.5. The van der Waals surface area contributed by atoms with E-state index in [1.807, 2.05) is 0 Å². The summed E-state index contributed by atoms with van der Waals surface area (Å²) < 4.78 is 21.2. The molecule has 1 unspecified atom stereocenters. The van der Waals surface area contributed by atoms with Crippen molar-refractivity contribution >= 4 is 44.7 Å². The predicted octanol–water partition coefficient (Wildman–Crippen LogP) is 3.92. The van der Waals surface area contributed by atoms with Crippen LogP contribution < -0.4 is 10.4 Å². The van der Waals surface area contributed by atoms with Crippen LogP contribution in [-0.2, 0) is 15.9 Å². The van der Waals surface area contributed by atoms with E-state index in [-0.39, 0.29) is 49.7 Å². The second kappa shape index (κ2) is 8.85. The topological polar surface area (TPSA) is 170 Å². The van der Waals surface area contributed by atoms with Gasteiger partial charge in [-0.15, -0.1) is 0 Å². The van der Waals surface area contributed by atoms with Crippen LogP contribution in [0.2, 0.25) is 0 Å². The number of allylic oxidation sites excluding steroid dienone is 2. The Bertz CT molecular complexity index is 1990. The number of cyclic esters (lactones) is 1. The SMILES string of the molecule is COC1=C(c2c(OC)cc3cc4c(c(O)c3c2O)C(=O)OC(C)C4)C(=O)c2c(cc3cc(C)oc(=O)c3c2O)C1=O. The lowest BCUT2D eigenvalue weighted by Gasteiger charge is -2.26. The molecule has 0 radical (unpaired) electrons. The van der Waals surface area contributed by atoms with E-state index in [4.69, 9.17) is 18.6 Å². The summed E-state index contributed by atoms with van der Waals surface area (Å²) in [6.45, 7) is 3.22. The van der Waals surface area contributed by atoms with Gasteiger partial charge in [0.05, 0.1) is 36.3 Å². The van der Waals surface area contributed by atoms with Gasteiger partial charge >= 0.3 is 11.6 Å². The number of phenols is 3. The van der Waals surface area contributed by atoms with Crippen molar-refractivity contribution < 1.29 is 48.3 Å².